The van der Waals surface area contributed by atoms with Crippen LogP contribution in [0.2, 0.25) is 0 Å². The van der Waals surface area contributed by atoms with Crippen molar-refractivity contribution >= 4 is 5.91 Å². The van der Waals surface area contributed by atoms with Crippen molar-refractivity contribution in [3.8, 4) is 5.75 Å². The smallest absolute Gasteiger partial charge is 0.258 e. The third-order valence-electron chi connectivity index (χ3n) is 4.52. The summed E-state index contributed by atoms with van der Waals surface area (Å²) in [6.45, 7) is 3.77. The fraction of sp³-hybridized carbons (Fsp3) is 0.217. The molecular weight excluding hydrogens is 352 g/mol. The van der Waals surface area contributed by atoms with Crippen LogP contribution in [0.15, 0.2) is 65.5 Å². The Kier molecular flexibility index (Phi) is 6.27. The van der Waals surface area contributed by atoms with E-state index < -0.39 is 0 Å². The normalized spacial score (nSPS) is 10.5. The number of pyridine rings is 1. The Morgan fingerprint density at radius 3 is 2.50 bits per heavy atom. The maximum atomic E-state index is 12.2. The van der Waals surface area contributed by atoms with Gasteiger partial charge in [-0.3, -0.25) is 9.59 Å². The Morgan fingerprint density at radius 1 is 1.04 bits per heavy atom. The highest BCUT2D eigenvalue weighted by molar-refractivity contribution is 5.77. The molecule has 28 heavy (non-hydrogen) atoms. The van der Waals surface area contributed by atoms with Gasteiger partial charge in [0.25, 0.3) is 11.5 Å². The van der Waals surface area contributed by atoms with Crippen LogP contribution in [0.4, 0.5) is 0 Å². The number of aromatic nitrogens is 1. The zero-order valence-corrected chi connectivity index (χ0v) is 16.1. The van der Waals surface area contributed by atoms with E-state index in [1.54, 1.807) is 0 Å². The molecule has 0 atom stereocenters. The molecule has 3 rings (SSSR count). The predicted molar refractivity (Wildman–Crippen MR) is 110 cm³/mol. The maximum absolute atomic E-state index is 12.2. The predicted octanol–water partition coefficient (Wildman–Crippen LogP) is 3.28. The Labute approximate surface area is 164 Å². The summed E-state index contributed by atoms with van der Waals surface area (Å²) in [4.78, 5) is 27.0. The second kappa shape index (κ2) is 9.04. The first-order valence-corrected chi connectivity index (χ1v) is 9.23. The van der Waals surface area contributed by atoms with E-state index >= 15 is 0 Å². The molecule has 2 N–H and O–H groups in total. The third-order valence-corrected chi connectivity index (χ3v) is 4.52. The average molecular weight is 376 g/mol. The maximum Gasteiger partial charge on any atom is 0.258 e. The first-order chi connectivity index (χ1) is 13.5. The van der Waals surface area contributed by atoms with Crippen LogP contribution in [0, 0.1) is 13.8 Å². The molecule has 0 aliphatic carbocycles. The van der Waals surface area contributed by atoms with Gasteiger partial charge in [0.15, 0.2) is 6.61 Å². The van der Waals surface area contributed by atoms with Gasteiger partial charge < -0.3 is 15.0 Å². The first-order valence-electron chi connectivity index (χ1n) is 9.23. The minimum absolute atomic E-state index is 0.103. The van der Waals surface area contributed by atoms with Crippen LogP contribution in [0.25, 0.3) is 0 Å². The number of hydrogen-bond acceptors (Lipinski definition) is 3. The van der Waals surface area contributed by atoms with E-state index in [4.69, 9.17) is 4.74 Å². The highest BCUT2D eigenvalue weighted by Crippen LogP contribution is 2.21. The van der Waals surface area contributed by atoms with Gasteiger partial charge in [-0.1, -0.05) is 48.5 Å². The number of benzene rings is 2. The molecule has 0 radical (unpaired) electrons. The SMILES string of the molecule is Cc1cc(C)c(CNC(=O)COc2ccccc2Cc2ccccc2)c(=O)[nH]1. The molecule has 5 nitrogen and oxygen atoms in total. The molecule has 1 heterocycles. The van der Waals surface area contributed by atoms with Crippen LogP contribution >= 0.6 is 0 Å². The van der Waals surface area contributed by atoms with Gasteiger partial charge in [0.05, 0.1) is 0 Å². The molecular formula is C23H24N2O3. The molecule has 1 aromatic heterocycles. The lowest BCUT2D eigenvalue weighted by molar-refractivity contribution is -0.123. The van der Waals surface area contributed by atoms with Crippen LogP contribution in [-0.2, 0) is 17.8 Å². The molecule has 2 aromatic carbocycles. The molecule has 0 bridgehead atoms. The molecule has 0 aliphatic heterocycles. The summed E-state index contributed by atoms with van der Waals surface area (Å²) in [5.74, 6) is 0.416. The van der Waals surface area contributed by atoms with Crippen molar-refractivity contribution in [3.63, 3.8) is 0 Å². The number of carbonyl (C=O) groups is 1. The number of aryl methyl sites for hydroxylation is 2. The quantitative estimate of drug-likeness (QED) is 0.665. The molecule has 3 aromatic rings. The largest absolute Gasteiger partial charge is 0.483 e. The lowest BCUT2D eigenvalue weighted by atomic mass is 10.0. The van der Waals surface area contributed by atoms with E-state index in [1.165, 1.54) is 5.56 Å². The first kappa shape index (κ1) is 19.4. The number of para-hydroxylation sites is 1. The number of nitrogens with one attached hydrogen (secondary N) is 2. The summed E-state index contributed by atoms with van der Waals surface area (Å²) >= 11 is 0. The lowest BCUT2D eigenvalue weighted by Gasteiger charge is -2.12. The standard InChI is InChI=1S/C23H24N2O3/c1-16-12-17(2)25-23(27)20(16)14-24-22(26)15-28-21-11-7-6-10-19(21)13-18-8-4-3-5-9-18/h3-12H,13-15H2,1-2H3,(H,24,26)(H,25,27). The van der Waals surface area contributed by atoms with Crippen molar-refractivity contribution in [1.82, 2.24) is 10.3 Å². The van der Waals surface area contributed by atoms with Gasteiger partial charge in [-0.15, -0.1) is 0 Å². The van der Waals surface area contributed by atoms with Gasteiger partial charge in [-0.2, -0.15) is 0 Å². The summed E-state index contributed by atoms with van der Waals surface area (Å²) in [6.07, 6.45) is 0.733. The van der Waals surface area contributed by atoms with Crippen molar-refractivity contribution in [2.24, 2.45) is 0 Å². The summed E-state index contributed by atoms with van der Waals surface area (Å²) < 4.78 is 5.74. The Morgan fingerprint density at radius 2 is 1.75 bits per heavy atom. The second-order valence-electron chi connectivity index (χ2n) is 6.78. The molecule has 0 saturated heterocycles. The van der Waals surface area contributed by atoms with Crippen LogP contribution < -0.4 is 15.6 Å². The summed E-state index contributed by atoms with van der Waals surface area (Å²) in [5.41, 5.74) is 4.24. The van der Waals surface area contributed by atoms with Crippen LogP contribution in [0.5, 0.6) is 5.75 Å². The molecule has 0 spiro atoms. The number of amides is 1. The monoisotopic (exact) mass is 376 g/mol. The third kappa shape index (κ3) is 5.10. The summed E-state index contributed by atoms with van der Waals surface area (Å²) in [5, 5.41) is 2.76. The molecule has 5 heteroatoms. The minimum Gasteiger partial charge on any atom is -0.483 e. The second-order valence-corrected chi connectivity index (χ2v) is 6.78. The average Bonchev–Trinajstić information content (AvgIpc) is 2.67. The Balaban J connectivity index is 1.59. The highest BCUT2D eigenvalue weighted by atomic mass is 16.5. The molecule has 0 fully saturated rings. The number of H-pyrrole nitrogens is 1. The van der Waals surface area contributed by atoms with Crippen molar-refractivity contribution < 1.29 is 9.53 Å². The van der Waals surface area contributed by atoms with Crippen molar-refractivity contribution in [3.05, 3.63) is 99.0 Å². The number of aromatic amines is 1. The fourth-order valence-electron chi connectivity index (χ4n) is 3.09. The lowest BCUT2D eigenvalue weighted by Crippen LogP contribution is -2.31. The van der Waals surface area contributed by atoms with Gasteiger partial charge in [-0.25, -0.2) is 0 Å². The molecule has 0 unspecified atom stereocenters. The van der Waals surface area contributed by atoms with Crippen LogP contribution in [0.3, 0.4) is 0 Å². The van der Waals surface area contributed by atoms with Gasteiger partial charge in [-0.05, 0) is 42.7 Å². The number of carbonyl (C=O) groups excluding carboxylic acids is 1. The zero-order chi connectivity index (χ0) is 19.9. The summed E-state index contributed by atoms with van der Waals surface area (Å²) in [7, 11) is 0. The molecule has 1 amide bonds. The van der Waals surface area contributed by atoms with Crippen molar-refractivity contribution in [1.29, 1.82) is 0 Å². The number of ether oxygens (including phenoxy) is 1. The molecule has 144 valence electrons. The van der Waals surface area contributed by atoms with E-state index in [9.17, 15) is 9.59 Å². The Hall–Kier alpha value is -3.34. The van der Waals surface area contributed by atoms with E-state index in [1.807, 2.05) is 62.4 Å². The van der Waals surface area contributed by atoms with Gasteiger partial charge in [0.1, 0.15) is 5.75 Å². The van der Waals surface area contributed by atoms with Crippen molar-refractivity contribution in [2.45, 2.75) is 26.8 Å². The molecule has 0 aliphatic rings. The number of rotatable bonds is 7. The van der Waals surface area contributed by atoms with Gasteiger partial charge in [0, 0.05) is 24.2 Å². The van der Waals surface area contributed by atoms with Gasteiger partial charge in [0.2, 0.25) is 0 Å². The van der Waals surface area contributed by atoms with E-state index in [0.29, 0.717) is 11.3 Å². The number of hydrogen-bond donors (Lipinski definition) is 2. The van der Waals surface area contributed by atoms with E-state index in [-0.39, 0.29) is 24.6 Å². The summed E-state index contributed by atoms with van der Waals surface area (Å²) in [6, 6.07) is 19.7. The topological polar surface area (TPSA) is 71.2 Å². The van der Waals surface area contributed by atoms with Crippen molar-refractivity contribution in [2.75, 3.05) is 6.61 Å². The van der Waals surface area contributed by atoms with Gasteiger partial charge >= 0.3 is 0 Å². The highest BCUT2D eigenvalue weighted by Gasteiger charge is 2.10. The molecule has 0 saturated carbocycles. The Bertz CT molecular complexity index is 1010. The van der Waals surface area contributed by atoms with Crippen LogP contribution in [0.1, 0.15) is 27.9 Å². The zero-order valence-electron chi connectivity index (χ0n) is 16.1. The minimum atomic E-state index is -0.270. The fourth-order valence-corrected chi connectivity index (χ4v) is 3.09. The van der Waals surface area contributed by atoms with E-state index in [2.05, 4.69) is 22.4 Å². The van der Waals surface area contributed by atoms with Crippen LogP contribution in [-0.4, -0.2) is 17.5 Å². The van der Waals surface area contributed by atoms with E-state index in [0.717, 1.165) is 23.2 Å².